The van der Waals surface area contributed by atoms with Crippen molar-refractivity contribution >= 4 is 17.6 Å². The number of amides is 1. The molecule has 1 amide bonds. The van der Waals surface area contributed by atoms with E-state index in [1.165, 1.54) is 31.5 Å². The minimum atomic E-state index is -1.08. The number of aryl methyl sites for hydroxylation is 1. The normalized spacial score (nSPS) is 10.1. The number of H-pyrrole nitrogens is 1. The summed E-state index contributed by atoms with van der Waals surface area (Å²) in [5, 5.41) is 11.5. The molecule has 3 N–H and O–H groups in total. The van der Waals surface area contributed by atoms with E-state index in [1.54, 1.807) is 6.92 Å². The highest BCUT2D eigenvalue weighted by atomic mass is 16.5. The number of hydrogen-bond donors (Lipinski definition) is 3. The van der Waals surface area contributed by atoms with Gasteiger partial charge < -0.3 is 20.1 Å². The molecule has 7 heteroatoms. The van der Waals surface area contributed by atoms with Crippen LogP contribution in [0.2, 0.25) is 0 Å². The number of aromatic nitrogens is 2. The van der Waals surface area contributed by atoms with Crippen molar-refractivity contribution in [3.05, 3.63) is 41.5 Å². The van der Waals surface area contributed by atoms with E-state index in [-0.39, 0.29) is 16.9 Å². The van der Waals surface area contributed by atoms with Crippen molar-refractivity contribution in [2.24, 2.45) is 0 Å². The number of methoxy groups -OCH3 is 1. The van der Waals surface area contributed by atoms with Gasteiger partial charge in [0.25, 0.3) is 5.91 Å². The third kappa shape index (κ3) is 2.77. The maximum Gasteiger partial charge on any atom is 0.335 e. The first-order valence-electron chi connectivity index (χ1n) is 5.75. The van der Waals surface area contributed by atoms with Crippen molar-refractivity contribution in [3.8, 4) is 5.75 Å². The molecule has 0 aliphatic carbocycles. The number of imidazole rings is 1. The van der Waals surface area contributed by atoms with Crippen molar-refractivity contribution in [1.82, 2.24) is 9.97 Å². The summed E-state index contributed by atoms with van der Waals surface area (Å²) in [6, 6.07) is 4.22. The lowest BCUT2D eigenvalue weighted by molar-refractivity contribution is 0.0696. The number of nitrogens with zero attached hydrogens (tertiary/aromatic N) is 1. The molecular weight excluding hydrogens is 262 g/mol. The van der Waals surface area contributed by atoms with Crippen molar-refractivity contribution in [2.75, 3.05) is 12.4 Å². The smallest absolute Gasteiger partial charge is 0.335 e. The molecule has 0 atom stereocenters. The summed E-state index contributed by atoms with van der Waals surface area (Å²) in [4.78, 5) is 29.7. The van der Waals surface area contributed by atoms with E-state index in [0.29, 0.717) is 11.6 Å². The second-order valence-corrected chi connectivity index (χ2v) is 4.06. The van der Waals surface area contributed by atoms with Gasteiger partial charge in [-0.25, -0.2) is 9.78 Å². The van der Waals surface area contributed by atoms with Crippen LogP contribution in [0.4, 0.5) is 5.69 Å². The Kier molecular flexibility index (Phi) is 3.69. The maximum absolute atomic E-state index is 12.0. The highest BCUT2D eigenvalue weighted by Crippen LogP contribution is 2.26. The third-order valence-electron chi connectivity index (χ3n) is 2.64. The van der Waals surface area contributed by atoms with E-state index in [0.717, 1.165) is 0 Å². The molecule has 1 heterocycles. The van der Waals surface area contributed by atoms with Crippen molar-refractivity contribution < 1.29 is 19.4 Å². The van der Waals surface area contributed by atoms with Gasteiger partial charge in [-0.3, -0.25) is 4.79 Å². The number of aromatic amines is 1. The Morgan fingerprint density at radius 2 is 2.15 bits per heavy atom. The second kappa shape index (κ2) is 5.43. The number of aromatic carboxylic acids is 1. The summed E-state index contributed by atoms with van der Waals surface area (Å²) in [7, 11) is 1.44. The number of carboxylic acids is 1. The summed E-state index contributed by atoms with van der Waals surface area (Å²) >= 11 is 0. The highest BCUT2D eigenvalue weighted by Gasteiger charge is 2.14. The number of carbonyl (C=O) groups excluding carboxylic acids is 1. The fraction of sp³-hybridized carbons (Fsp3) is 0.154. The van der Waals surface area contributed by atoms with Gasteiger partial charge in [0.2, 0.25) is 0 Å². The Morgan fingerprint density at radius 1 is 1.40 bits per heavy atom. The minimum Gasteiger partial charge on any atom is -0.495 e. The molecule has 104 valence electrons. The van der Waals surface area contributed by atoms with Gasteiger partial charge in [-0.05, 0) is 25.1 Å². The lowest BCUT2D eigenvalue weighted by Crippen LogP contribution is -2.13. The maximum atomic E-state index is 12.0. The third-order valence-corrected chi connectivity index (χ3v) is 2.64. The molecule has 0 radical (unpaired) electrons. The largest absolute Gasteiger partial charge is 0.495 e. The molecule has 0 saturated heterocycles. The molecular formula is C13H13N3O4. The van der Waals surface area contributed by atoms with E-state index in [1.807, 2.05) is 0 Å². The van der Waals surface area contributed by atoms with Gasteiger partial charge in [0.1, 0.15) is 17.3 Å². The van der Waals surface area contributed by atoms with Gasteiger partial charge in [0.15, 0.2) is 0 Å². The highest BCUT2D eigenvalue weighted by molar-refractivity contribution is 6.04. The summed E-state index contributed by atoms with van der Waals surface area (Å²) in [5.74, 6) is -0.520. The Balaban J connectivity index is 2.29. The van der Waals surface area contributed by atoms with Gasteiger partial charge in [0.05, 0.1) is 24.6 Å². The fourth-order valence-corrected chi connectivity index (χ4v) is 1.66. The second-order valence-electron chi connectivity index (χ2n) is 4.06. The van der Waals surface area contributed by atoms with Gasteiger partial charge in [-0.15, -0.1) is 0 Å². The molecule has 2 aromatic rings. The topological polar surface area (TPSA) is 104 Å². The van der Waals surface area contributed by atoms with Crippen LogP contribution >= 0.6 is 0 Å². The molecule has 1 aromatic carbocycles. The number of hydrogen-bond acceptors (Lipinski definition) is 4. The van der Waals surface area contributed by atoms with Crippen LogP contribution in [0, 0.1) is 6.92 Å². The standard InChI is InChI=1S/C13H13N3O4/c1-7-14-6-10(15-7)12(17)16-9-5-8(13(18)19)3-4-11(9)20-2/h3-6H,1-2H3,(H,14,15)(H,16,17)(H,18,19). The molecule has 0 bridgehead atoms. The Hall–Kier alpha value is -2.83. The molecule has 0 aliphatic heterocycles. The zero-order valence-electron chi connectivity index (χ0n) is 10.9. The first kappa shape index (κ1) is 13.6. The predicted octanol–water partition coefficient (Wildman–Crippen LogP) is 1.68. The van der Waals surface area contributed by atoms with Crippen LogP contribution in [0.1, 0.15) is 26.7 Å². The van der Waals surface area contributed by atoms with Crippen LogP contribution in [-0.2, 0) is 0 Å². The van der Waals surface area contributed by atoms with Crippen LogP contribution in [0.3, 0.4) is 0 Å². The van der Waals surface area contributed by atoms with Crippen LogP contribution in [0.15, 0.2) is 24.4 Å². The summed E-state index contributed by atoms with van der Waals surface area (Å²) in [6.45, 7) is 1.72. The fourth-order valence-electron chi connectivity index (χ4n) is 1.66. The SMILES string of the molecule is COc1ccc(C(=O)O)cc1NC(=O)c1cnc(C)[nH]1. The average Bonchev–Trinajstić information content (AvgIpc) is 2.85. The lowest BCUT2D eigenvalue weighted by Gasteiger charge is -2.10. The van der Waals surface area contributed by atoms with E-state index in [2.05, 4.69) is 15.3 Å². The molecule has 2 rings (SSSR count). The van der Waals surface area contributed by atoms with E-state index >= 15 is 0 Å². The first-order valence-corrected chi connectivity index (χ1v) is 5.75. The molecule has 0 saturated carbocycles. The number of anilines is 1. The monoisotopic (exact) mass is 275 g/mol. The first-order chi connectivity index (χ1) is 9.51. The van der Waals surface area contributed by atoms with Gasteiger partial charge in [-0.2, -0.15) is 0 Å². The molecule has 0 aliphatic rings. The van der Waals surface area contributed by atoms with Crippen LogP contribution in [0.25, 0.3) is 0 Å². The number of ether oxygens (including phenoxy) is 1. The van der Waals surface area contributed by atoms with Crippen molar-refractivity contribution in [3.63, 3.8) is 0 Å². The number of rotatable bonds is 4. The van der Waals surface area contributed by atoms with Crippen molar-refractivity contribution in [2.45, 2.75) is 6.92 Å². The molecule has 0 unspecified atom stereocenters. The van der Waals surface area contributed by atoms with E-state index in [9.17, 15) is 9.59 Å². The Morgan fingerprint density at radius 3 is 2.70 bits per heavy atom. The van der Waals surface area contributed by atoms with Gasteiger partial charge >= 0.3 is 5.97 Å². The van der Waals surface area contributed by atoms with Crippen LogP contribution in [-0.4, -0.2) is 34.1 Å². The van der Waals surface area contributed by atoms with Gasteiger partial charge in [-0.1, -0.05) is 0 Å². The number of carbonyl (C=O) groups is 2. The van der Waals surface area contributed by atoms with Crippen LogP contribution < -0.4 is 10.1 Å². The number of benzene rings is 1. The lowest BCUT2D eigenvalue weighted by atomic mass is 10.2. The number of carboxylic acid groups (broad SMARTS) is 1. The summed E-state index contributed by atoms with van der Waals surface area (Å²) < 4.78 is 5.09. The molecule has 20 heavy (non-hydrogen) atoms. The quantitative estimate of drug-likeness (QED) is 0.787. The summed E-state index contributed by atoms with van der Waals surface area (Å²) in [5.41, 5.74) is 0.622. The van der Waals surface area contributed by atoms with Gasteiger partial charge in [0, 0.05) is 0 Å². The molecule has 7 nitrogen and oxygen atoms in total. The zero-order valence-corrected chi connectivity index (χ0v) is 10.9. The summed E-state index contributed by atoms with van der Waals surface area (Å²) in [6.07, 6.45) is 1.40. The minimum absolute atomic E-state index is 0.0573. The zero-order chi connectivity index (χ0) is 14.7. The average molecular weight is 275 g/mol. The molecule has 0 spiro atoms. The van der Waals surface area contributed by atoms with Crippen molar-refractivity contribution in [1.29, 1.82) is 0 Å². The molecule has 1 aromatic heterocycles. The van der Waals surface area contributed by atoms with E-state index in [4.69, 9.17) is 9.84 Å². The van der Waals surface area contributed by atoms with E-state index < -0.39 is 11.9 Å². The molecule has 0 fully saturated rings. The predicted molar refractivity (Wildman–Crippen MR) is 71.2 cm³/mol. The Bertz CT molecular complexity index is 663. The number of nitrogens with one attached hydrogen (secondary N) is 2. The van der Waals surface area contributed by atoms with Crippen LogP contribution in [0.5, 0.6) is 5.75 Å². The Labute approximate surface area is 114 Å².